The minimum absolute atomic E-state index is 0.0111. The summed E-state index contributed by atoms with van der Waals surface area (Å²) in [7, 11) is 11.7. The molecule has 4 rings (SSSR count). The molecule has 0 aliphatic rings. The van der Waals surface area contributed by atoms with Crippen molar-refractivity contribution < 1.29 is 25.6 Å². The molecule has 0 N–H and O–H groups in total. The van der Waals surface area contributed by atoms with Crippen LogP contribution in [-0.4, -0.2) is 7.11 Å². The average molecular weight is 631 g/mol. The summed E-state index contributed by atoms with van der Waals surface area (Å²) in [5.41, 5.74) is 7.93. The van der Waals surface area contributed by atoms with Gasteiger partial charge in [0, 0.05) is 11.1 Å². The van der Waals surface area contributed by atoms with Crippen molar-refractivity contribution in [3.63, 3.8) is 0 Å². The summed E-state index contributed by atoms with van der Waals surface area (Å²) in [5, 5.41) is 2.64. The van der Waals surface area contributed by atoms with Gasteiger partial charge in [-0.25, -0.2) is 12.1 Å². The van der Waals surface area contributed by atoms with E-state index < -0.39 is 20.8 Å². The van der Waals surface area contributed by atoms with Gasteiger partial charge in [0.2, 0.25) is 0 Å². The van der Waals surface area contributed by atoms with E-state index in [1.54, 1.807) is 7.11 Å². The van der Waals surface area contributed by atoms with Crippen molar-refractivity contribution in [3.8, 4) is 16.9 Å². The molecule has 0 atom stereocenters. The summed E-state index contributed by atoms with van der Waals surface area (Å²) in [5.74, 6) is 1.03. The standard InChI is InChI=1S/C25H31O.C9H13.2ClH.Zr/c1-16-12-17-10-9-11-19(20(17)13-16)18-14-21(24(2,3)4)23(26-8)22(15-18)25(5,6)7;1-2-3-6-9-7-4-5-8-9;;;/h9-15H,1-8H3;4-5,7-8H,2-3,6H2,1H3;2*1H;/q2*-1;;;+4/p-2. The van der Waals surface area contributed by atoms with E-state index in [0.29, 0.717) is 0 Å². The number of halogens is 2. The molecule has 38 heavy (non-hydrogen) atoms. The van der Waals surface area contributed by atoms with Crippen LogP contribution in [0.25, 0.3) is 21.9 Å². The Bertz CT molecular complexity index is 1220. The molecule has 0 aromatic heterocycles. The van der Waals surface area contributed by atoms with E-state index in [1.165, 1.54) is 63.4 Å². The second kappa shape index (κ2) is 14.9. The molecule has 0 aliphatic carbocycles. The summed E-state index contributed by atoms with van der Waals surface area (Å²) < 4.78 is 5.91. The number of methoxy groups -OCH3 is 1. The summed E-state index contributed by atoms with van der Waals surface area (Å²) in [6.45, 7) is 17.9. The molecule has 4 aromatic rings. The Morgan fingerprint density at radius 2 is 1.45 bits per heavy atom. The first-order valence-corrected chi connectivity index (χ1v) is 19.8. The predicted octanol–water partition coefficient (Wildman–Crippen LogP) is 11.3. The molecule has 0 aliphatic heterocycles. The van der Waals surface area contributed by atoms with E-state index in [4.69, 9.17) is 21.8 Å². The zero-order valence-corrected chi connectivity index (χ0v) is 28.6. The number of ether oxygens (including phenoxy) is 1. The molecule has 204 valence electrons. The fraction of sp³-hybridized carbons (Fsp3) is 0.412. The Hall–Kier alpha value is -1.34. The first-order chi connectivity index (χ1) is 17.9. The van der Waals surface area contributed by atoms with Gasteiger partial charge in [0.15, 0.2) is 0 Å². The number of hydrogen-bond acceptors (Lipinski definition) is 1. The van der Waals surface area contributed by atoms with Crippen LogP contribution < -0.4 is 4.74 Å². The molecule has 0 unspecified atom stereocenters. The molecule has 0 spiro atoms. The maximum absolute atomic E-state index is 5.91. The fourth-order valence-corrected chi connectivity index (χ4v) is 4.72. The van der Waals surface area contributed by atoms with Crippen LogP contribution in [0.1, 0.15) is 83.6 Å². The van der Waals surface area contributed by atoms with E-state index in [0.717, 1.165) is 5.75 Å². The van der Waals surface area contributed by atoms with Crippen LogP contribution in [0.4, 0.5) is 0 Å². The van der Waals surface area contributed by atoms with Gasteiger partial charge >= 0.3 is 37.9 Å². The van der Waals surface area contributed by atoms with E-state index >= 15 is 0 Å². The van der Waals surface area contributed by atoms with Crippen LogP contribution >= 0.6 is 17.0 Å². The van der Waals surface area contributed by atoms with Gasteiger partial charge in [0.25, 0.3) is 0 Å². The van der Waals surface area contributed by atoms with Crippen molar-refractivity contribution in [1.82, 2.24) is 0 Å². The zero-order valence-electron chi connectivity index (χ0n) is 24.6. The number of aryl methyl sites for hydroxylation is 2. The Labute approximate surface area is 250 Å². The third-order valence-corrected chi connectivity index (χ3v) is 6.67. The Morgan fingerprint density at radius 1 is 0.895 bits per heavy atom. The minimum atomic E-state index is -0.826. The van der Waals surface area contributed by atoms with Crippen molar-refractivity contribution in [2.45, 2.75) is 85.5 Å². The summed E-state index contributed by atoms with van der Waals surface area (Å²) >= 11 is -0.826. The fourth-order valence-electron chi connectivity index (χ4n) is 4.72. The average Bonchev–Trinajstić information content (AvgIpc) is 3.50. The molecule has 4 heteroatoms. The van der Waals surface area contributed by atoms with E-state index in [2.05, 4.69) is 122 Å². The summed E-state index contributed by atoms with van der Waals surface area (Å²) in [4.78, 5) is 0. The molecule has 0 saturated carbocycles. The number of rotatable bonds is 5. The molecule has 0 heterocycles. The Morgan fingerprint density at radius 3 is 1.92 bits per heavy atom. The van der Waals surface area contributed by atoms with Crippen molar-refractivity contribution in [2.75, 3.05) is 7.11 Å². The first kappa shape index (κ1) is 32.9. The monoisotopic (exact) mass is 628 g/mol. The molecule has 0 fully saturated rings. The molecule has 4 aromatic carbocycles. The molecular formula is C34H44Cl2OZr. The van der Waals surface area contributed by atoms with Gasteiger partial charge in [-0.2, -0.15) is 23.8 Å². The third-order valence-electron chi connectivity index (χ3n) is 6.67. The van der Waals surface area contributed by atoms with E-state index in [1.807, 2.05) is 0 Å². The summed E-state index contributed by atoms with van der Waals surface area (Å²) in [6, 6.07) is 24.4. The first-order valence-electron chi connectivity index (χ1n) is 13.4. The van der Waals surface area contributed by atoms with Crippen LogP contribution in [0.5, 0.6) is 5.75 Å². The van der Waals surface area contributed by atoms with Crippen molar-refractivity contribution in [1.29, 1.82) is 0 Å². The number of unbranched alkanes of at least 4 members (excludes halogenated alkanes) is 1. The predicted molar refractivity (Wildman–Crippen MR) is 166 cm³/mol. The summed E-state index contributed by atoms with van der Waals surface area (Å²) in [6.07, 6.45) is 3.87. The Balaban J connectivity index is 0.000000351. The molecule has 0 amide bonds. The van der Waals surface area contributed by atoms with Gasteiger partial charge in [-0.3, -0.25) is 0 Å². The van der Waals surface area contributed by atoms with Crippen molar-refractivity contribution >= 4 is 27.8 Å². The third kappa shape index (κ3) is 9.11. The second-order valence-electron chi connectivity index (χ2n) is 11.9. The van der Waals surface area contributed by atoms with Gasteiger partial charge in [-0.1, -0.05) is 86.3 Å². The van der Waals surface area contributed by atoms with E-state index in [9.17, 15) is 0 Å². The number of benzene rings is 2. The molecule has 0 radical (unpaired) electrons. The van der Waals surface area contributed by atoms with Gasteiger partial charge < -0.3 is 4.74 Å². The normalized spacial score (nSPS) is 11.2. The Kier molecular flexibility index (Phi) is 12.9. The van der Waals surface area contributed by atoms with Gasteiger partial charge in [-0.15, -0.1) is 34.5 Å². The quantitative estimate of drug-likeness (QED) is 0.199. The topological polar surface area (TPSA) is 9.23 Å². The van der Waals surface area contributed by atoms with Crippen molar-refractivity contribution in [2.24, 2.45) is 0 Å². The molecule has 0 bridgehead atoms. The number of hydrogen-bond donors (Lipinski definition) is 0. The van der Waals surface area contributed by atoms with Gasteiger partial charge in [-0.05, 0) is 28.5 Å². The number of fused-ring (bicyclic) bond motifs is 1. The van der Waals surface area contributed by atoms with Crippen LogP contribution in [0.15, 0.2) is 66.7 Å². The van der Waals surface area contributed by atoms with Crippen LogP contribution in [0.2, 0.25) is 0 Å². The van der Waals surface area contributed by atoms with Crippen LogP contribution in [0, 0.1) is 6.92 Å². The van der Waals surface area contributed by atoms with Gasteiger partial charge in [0.1, 0.15) is 5.75 Å². The molecule has 1 nitrogen and oxygen atoms in total. The van der Waals surface area contributed by atoms with Crippen LogP contribution in [0.3, 0.4) is 0 Å². The molecule has 0 saturated heterocycles. The SMILES string of the molecule is CCCC[c-]1cccc1.COc1c(C(C)(C)C)cc(-c2cccc3[cH-]c(C)cc23)cc1C(C)(C)C.[Cl][Zr+2][Cl]. The van der Waals surface area contributed by atoms with Crippen molar-refractivity contribution in [3.05, 3.63) is 89.0 Å². The second-order valence-corrected chi connectivity index (χ2v) is 15.6. The molecular weight excluding hydrogens is 587 g/mol. The van der Waals surface area contributed by atoms with Gasteiger partial charge in [0.05, 0.1) is 7.11 Å². The van der Waals surface area contributed by atoms with Crippen LogP contribution in [-0.2, 0) is 38.1 Å². The zero-order chi connectivity index (χ0) is 28.5. The maximum atomic E-state index is 5.91. The van der Waals surface area contributed by atoms with E-state index in [-0.39, 0.29) is 10.8 Å².